The molecule has 0 bridgehead atoms. The zero-order valence-corrected chi connectivity index (χ0v) is 16.0. The molecule has 0 fully saturated rings. The lowest BCUT2D eigenvalue weighted by Gasteiger charge is -2.07. The van der Waals surface area contributed by atoms with Crippen LogP contribution in [-0.2, 0) is 11.3 Å². The van der Waals surface area contributed by atoms with E-state index >= 15 is 0 Å². The van der Waals surface area contributed by atoms with Crippen molar-refractivity contribution in [1.82, 2.24) is 4.57 Å². The summed E-state index contributed by atoms with van der Waals surface area (Å²) in [6.07, 6.45) is 4.95. The van der Waals surface area contributed by atoms with Crippen LogP contribution in [0.2, 0.25) is 0 Å². The molecule has 3 aromatic rings. The van der Waals surface area contributed by atoms with Crippen molar-refractivity contribution < 1.29 is 14.3 Å². The van der Waals surface area contributed by atoms with Gasteiger partial charge in [-0.1, -0.05) is 35.6 Å². The minimum atomic E-state index is -0.325. The SMILES string of the molecule is C=CCn1c(=NC(=O)C=Cc2ccc(OC)c(OC)c2)sc2ccccc21. The highest BCUT2D eigenvalue weighted by Gasteiger charge is 2.06. The van der Waals surface area contributed by atoms with Crippen molar-refractivity contribution in [2.45, 2.75) is 6.54 Å². The van der Waals surface area contributed by atoms with Crippen LogP contribution >= 0.6 is 11.3 Å². The van der Waals surface area contributed by atoms with E-state index in [0.717, 1.165) is 15.8 Å². The molecular weight excluding hydrogens is 360 g/mol. The number of nitrogens with zero attached hydrogens (tertiary/aromatic N) is 2. The molecule has 0 aliphatic rings. The average molecular weight is 380 g/mol. The van der Waals surface area contributed by atoms with Crippen LogP contribution in [0.3, 0.4) is 0 Å². The maximum absolute atomic E-state index is 12.4. The standard InChI is InChI=1S/C21H20N2O3S/c1-4-13-23-16-7-5-6-8-19(16)27-21(23)22-20(24)12-10-15-9-11-17(25-2)18(14-15)26-3/h4-12,14H,1,13H2,2-3H3. The number of aromatic nitrogens is 1. The second-order valence-electron chi connectivity index (χ2n) is 5.65. The lowest BCUT2D eigenvalue weighted by molar-refractivity contribution is -0.113. The molecule has 0 aliphatic carbocycles. The van der Waals surface area contributed by atoms with Gasteiger partial charge in [-0.05, 0) is 35.9 Å². The lowest BCUT2D eigenvalue weighted by Crippen LogP contribution is -2.15. The van der Waals surface area contributed by atoms with Gasteiger partial charge in [0.05, 0.1) is 24.4 Å². The van der Waals surface area contributed by atoms with Gasteiger partial charge in [0.15, 0.2) is 16.3 Å². The number of allylic oxidation sites excluding steroid dienone is 1. The molecule has 6 heteroatoms. The number of carbonyl (C=O) groups is 1. The summed E-state index contributed by atoms with van der Waals surface area (Å²) >= 11 is 1.48. The molecule has 0 radical (unpaired) electrons. The fourth-order valence-electron chi connectivity index (χ4n) is 2.67. The van der Waals surface area contributed by atoms with Crippen LogP contribution in [0, 0.1) is 0 Å². The minimum absolute atomic E-state index is 0.325. The zero-order chi connectivity index (χ0) is 19.2. The molecule has 0 unspecified atom stereocenters. The summed E-state index contributed by atoms with van der Waals surface area (Å²) < 4.78 is 13.6. The number of benzene rings is 2. The van der Waals surface area contributed by atoms with Crippen molar-refractivity contribution in [3.8, 4) is 11.5 Å². The Bertz CT molecular complexity index is 1080. The van der Waals surface area contributed by atoms with Crippen LogP contribution in [0.25, 0.3) is 16.3 Å². The maximum Gasteiger partial charge on any atom is 0.272 e. The number of thiazole rings is 1. The Balaban J connectivity index is 1.91. The Labute approximate surface area is 161 Å². The van der Waals surface area contributed by atoms with Crippen molar-refractivity contribution in [2.75, 3.05) is 14.2 Å². The Morgan fingerprint density at radius 1 is 1.19 bits per heavy atom. The monoisotopic (exact) mass is 380 g/mol. The van der Waals surface area contributed by atoms with Crippen molar-refractivity contribution >= 4 is 33.5 Å². The Morgan fingerprint density at radius 2 is 1.96 bits per heavy atom. The third-order valence-electron chi connectivity index (χ3n) is 3.93. The number of methoxy groups -OCH3 is 2. The third-order valence-corrected chi connectivity index (χ3v) is 4.99. The highest BCUT2D eigenvalue weighted by atomic mass is 32.1. The molecule has 1 amide bonds. The number of hydrogen-bond acceptors (Lipinski definition) is 4. The third kappa shape index (κ3) is 4.17. The van der Waals surface area contributed by atoms with Gasteiger partial charge in [0.1, 0.15) is 0 Å². The number of carbonyl (C=O) groups excluding carboxylic acids is 1. The molecule has 0 saturated carbocycles. The number of rotatable bonds is 6. The molecule has 1 aromatic heterocycles. The molecule has 138 valence electrons. The molecule has 1 heterocycles. The average Bonchev–Trinajstić information content (AvgIpc) is 3.03. The van der Waals surface area contributed by atoms with Gasteiger partial charge in [-0.15, -0.1) is 6.58 Å². The predicted molar refractivity (Wildman–Crippen MR) is 109 cm³/mol. The fraction of sp³-hybridized carbons (Fsp3) is 0.143. The first-order valence-electron chi connectivity index (χ1n) is 8.34. The number of fused-ring (bicyclic) bond motifs is 1. The number of para-hydroxylation sites is 1. The molecule has 3 rings (SSSR count). The van der Waals surface area contributed by atoms with Crippen LogP contribution in [0.5, 0.6) is 11.5 Å². The normalized spacial score (nSPS) is 11.9. The van der Waals surface area contributed by atoms with E-state index in [9.17, 15) is 4.79 Å². The van der Waals surface area contributed by atoms with E-state index in [1.54, 1.807) is 38.5 Å². The van der Waals surface area contributed by atoms with E-state index in [2.05, 4.69) is 11.6 Å². The number of ether oxygens (including phenoxy) is 2. The first-order valence-corrected chi connectivity index (χ1v) is 9.16. The Kier molecular flexibility index (Phi) is 5.88. The van der Waals surface area contributed by atoms with Gasteiger partial charge in [-0.3, -0.25) is 4.79 Å². The molecule has 0 spiro atoms. The molecule has 0 aliphatic heterocycles. The smallest absolute Gasteiger partial charge is 0.272 e. The summed E-state index contributed by atoms with van der Waals surface area (Å²) in [6, 6.07) is 13.4. The van der Waals surface area contributed by atoms with Crippen LogP contribution in [0.4, 0.5) is 0 Å². The van der Waals surface area contributed by atoms with E-state index < -0.39 is 0 Å². The van der Waals surface area contributed by atoms with Crippen LogP contribution in [-0.4, -0.2) is 24.7 Å². The van der Waals surface area contributed by atoms with Gasteiger partial charge in [-0.25, -0.2) is 0 Å². The summed E-state index contributed by atoms with van der Waals surface area (Å²) in [4.78, 5) is 17.3. The quantitative estimate of drug-likeness (QED) is 0.479. The first kappa shape index (κ1) is 18.7. The van der Waals surface area contributed by atoms with E-state index in [1.165, 1.54) is 17.4 Å². The molecular formula is C21H20N2O3S. The summed E-state index contributed by atoms with van der Waals surface area (Å²) in [5.74, 6) is 0.924. The van der Waals surface area contributed by atoms with Gasteiger partial charge in [0, 0.05) is 12.6 Å². The maximum atomic E-state index is 12.4. The van der Waals surface area contributed by atoms with Crippen LogP contribution in [0.15, 0.2) is 66.2 Å². The highest BCUT2D eigenvalue weighted by Crippen LogP contribution is 2.28. The van der Waals surface area contributed by atoms with E-state index in [0.29, 0.717) is 22.8 Å². The van der Waals surface area contributed by atoms with Crippen LogP contribution < -0.4 is 14.3 Å². The largest absolute Gasteiger partial charge is 0.493 e. The summed E-state index contributed by atoms with van der Waals surface area (Å²) in [5.41, 5.74) is 1.87. The zero-order valence-electron chi connectivity index (χ0n) is 15.2. The second-order valence-corrected chi connectivity index (χ2v) is 6.66. The van der Waals surface area contributed by atoms with Gasteiger partial charge >= 0.3 is 0 Å². The lowest BCUT2D eigenvalue weighted by atomic mass is 10.2. The molecule has 0 N–H and O–H groups in total. The summed E-state index contributed by atoms with van der Waals surface area (Å²) in [7, 11) is 3.16. The molecule has 0 atom stereocenters. The van der Waals surface area contributed by atoms with Gasteiger partial charge in [0.2, 0.25) is 0 Å². The minimum Gasteiger partial charge on any atom is -0.493 e. The fourth-order valence-corrected chi connectivity index (χ4v) is 3.71. The highest BCUT2D eigenvalue weighted by molar-refractivity contribution is 7.16. The Morgan fingerprint density at radius 3 is 2.70 bits per heavy atom. The number of hydrogen-bond donors (Lipinski definition) is 0. The van der Waals surface area contributed by atoms with Gasteiger partial charge < -0.3 is 14.0 Å². The predicted octanol–water partition coefficient (Wildman–Crippen LogP) is 4.05. The summed E-state index contributed by atoms with van der Waals surface area (Å²) in [6.45, 7) is 4.38. The van der Waals surface area contributed by atoms with Crippen molar-refractivity contribution in [1.29, 1.82) is 0 Å². The number of amides is 1. The van der Waals surface area contributed by atoms with Crippen molar-refractivity contribution in [3.05, 3.63) is 71.6 Å². The van der Waals surface area contributed by atoms with Crippen LogP contribution in [0.1, 0.15) is 5.56 Å². The van der Waals surface area contributed by atoms with Crippen molar-refractivity contribution in [2.24, 2.45) is 4.99 Å². The summed E-state index contributed by atoms with van der Waals surface area (Å²) in [5, 5.41) is 0. The van der Waals surface area contributed by atoms with Crippen molar-refractivity contribution in [3.63, 3.8) is 0 Å². The molecule has 5 nitrogen and oxygen atoms in total. The topological polar surface area (TPSA) is 52.8 Å². The van der Waals surface area contributed by atoms with E-state index in [1.807, 2.05) is 34.9 Å². The van der Waals surface area contributed by atoms with Gasteiger partial charge in [0.25, 0.3) is 5.91 Å². The van der Waals surface area contributed by atoms with Gasteiger partial charge in [-0.2, -0.15) is 4.99 Å². The second kappa shape index (κ2) is 8.51. The Hall–Kier alpha value is -3.12. The first-order chi connectivity index (χ1) is 13.2. The van der Waals surface area contributed by atoms with E-state index in [-0.39, 0.29) is 5.91 Å². The molecule has 27 heavy (non-hydrogen) atoms. The molecule has 0 saturated heterocycles. The molecule has 2 aromatic carbocycles. The van der Waals surface area contributed by atoms with E-state index in [4.69, 9.17) is 9.47 Å².